The van der Waals surface area contributed by atoms with E-state index in [1.165, 1.54) is 6.20 Å². The number of nitrogens with two attached hydrogens (primary N) is 1. The van der Waals surface area contributed by atoms with Crippen molar-refractivity contribution in [2.75, 3.05) is 29.1 Å². The van der Waals surface area contributed by atoms with Crippen molar-refractivity contribution in [1.29, 1.82) is 0 Å². The molecule has 3 rings (SSSR count). The SMILES string of the molecule is CC(C)Nc1nc(Nc2ccc3c(c2)NC[C@H](O)CO3)ncc1C(N)=O. The fraction of sp³-hybridized carbons (Fsp3) is 0.353. The summed E-state index contributed by atoms with van der Waals surface area (Å²) < 4.78 is 5.54. The van der Waals surface area contributed by atoms with Crippen molar-refractivity contribution in [1.82, 2.24) is 9.97 Å². The number of amides is 1. The Morgan fingerprint density at radius 1 is 1.46 bits per heavy atom. The van der Waals surface area contributed by atoms with Crippen LogP contribution in [-0.4, -0.2) is 46.3 Å². The number of aromatic nitrogens is 2. The number of nitrogens with one attached hydrogen (secondary N) is 3. The molecule has 9 heteroatoms. The number of ether oxygens (including phenoxy) is 1. The van der Waals surface area contributed by atoms with Gasteiger partial charge in [0.25, 0.3) is 5.91 Å². The van der Waals surface area contributed by atoms with Crippen molar-refractivity contribution in [2.45, 2.75) is 26.0 Å². The van der Waals surface area contributed by atoms with Gasteiger partial charge in [-0.1, -0.05) is 0 Å². The van der Waals surface area contributed by atoms with Crippen LogP contribution >= 0.6 is 0 Å². The van der Waals surface area contributed by atoms with Crippen molar-refractivity contribution in [3.63, 3.8) is 0 Å². The quantitative estimate of drug-likeness (QED) is 0.540. The van der Waals surface area contributed by atoms with Gasteiger partial charge in [-0.15, -0.1) is 0 Å². The van der Waals surface area contributed by atoms with Gasteiger partial charge in [-0.3, -0.25) is 4.79 Å². The fourth-order valence-electron chi connectivity index (χ4n) is 2.48. The third kappa shape index (κ3) is 4.12. The first-order valence-corrected chi connectivity index (χ1v) is 8.31. The number of rotatable bonds is 5. The summed E-state index contributed by atoms with van der Waals surface area (Å²) in [5, 5.41) is 19.0. The first-order valence-electron chi connectivity index (χ1n) is 8.31. The van der Waals surface area contributed by atoms with E-state index < -0.39 is 12.0 Å². The lowest BCUT2D eigenvalue weighted by atomic mass is 10.2. The van der Waals surface area contributed by atoms with Crippen LogP contribution in [0.2, 0.25) is 0 Å². The summed E-state index contributed by atoms with van der Waals surface area (Å²) in [6.07, 6.45) is 0.831. The first kappa shape index (κ1) is 17.7. The van der Waals surface area contributed by atoms with Crippen LogP contribution in [0.3, 0.4) is 0 Å². The highest BCUT2D eigenvalue weighted by Crippen LogP contribution is 2.30. The zero-order valence-corrected chi connectivity index (χ0v) is 14.6. The van der Waals surface area contributed by atoms with Gasteiger partial charge in [0, 0.05) is 24.5 Å². The van der Waals surface area contributed by atoms with Gasteiger partial charge < -0.3 is 31.5 Å². The van der Waals surface area contributed by atoms with Gasteiger partial charge in [0.15, 0.2) is 0 Å². The van der Waals surface area contributed by atoms with Crippen molar-refractivity contribution in [3.8, 4) is 5.75 Å². The molecule has 1 aromatic heterocycles. The Morgan fingerprint density at radius 2 is 2.27 bits per heavy atom. The molecule has 0 aliphatic carbocycles. The van der Waals surface area contributed by atoms with E-state index in [0.717, 1.165) is 11.4 Å². The predicted molar refractivity (Wildman–Crippen MR) is 99.0 cm³/mol. The molecule has 0 bridgehead atoms. The molecule has 9 nitrogen and oxygen atoms in total. The average Bonchev–Trinajstić information content (AvgIpc) is 2.76. The van der Waals surface area contributed by atoms with E-state index in [9.17, 15) is 9.90 Å². The summed E-state index contributed by atoms with van der Waals surface area (Å²) in [7, 11) is 0. The summed E-state index contributed by atoms with van der Waals surface area (Å²) in [4.78, 5) is 20.0. The van der Waals surface area contributed by atoms with E-state index in [1.54, 1.807) is 6.07 Å². The lowest BCUT2D eigenvalue weighted by Crippen LogP contribution is -2.23. The Hall–Kier alpha value is -3.07. The molecule has 6 N–H and O–H groups in total. The molecular weight excluding hydrogens is 336 g/mol. The van der Waals surface area contributed by atoms with E-state index in [2.05, 4.69) is 25.9 Å². The van der Waals surface area contributed by atoms with Crippen LogP contribution < -0.4 is 26.4 Å². The second-order valence-electron chi connectivity index (χ2n) is 6.30. The minimum Gasteiger partial charge on any atom is -0.489 e. The predicted octanol–water partition coefficient (Wildman–Crippen LogP) is 1.30. The molecule has 0 fully saturated rings. The van der Waals surface area contributed by atoms with Crippen molar-refractivity contribution < 1.29 is 14.6 Å². The number of aliphatic hydroxyl groups excluding tert-OH is 1. The van der Waals surface area contributed by atoms with E-state index in [1.807, 2.05) is 26.0 Å². The molecule has 0 saturated carbocycles. The van der Waals surface area contributed by atoms with Gasteiger partial charge in [0.05, 0.1) is 11.3 Å². The number of primary amides is 1. The smallest absolute Gasteiger partial charge is 0.254 e. The van der Waals surface area contributed by atoms with Crippen LogP contribution in [-0.2, 0) is 0 Å². The number of β-amino-alcohol motifs (C(OH)–C–C–N with tert-alkyl or cyclic N) is 1. The van der Waals surface area contributed by atoms with Crippen LogP contribution in [0.1, 0.15) is 24.2 Å². The number of hydrogen-bond acceptors (Lipinski definition) is 8. The largest absolute Gasteiger partial charge is 0.489 e. The van der Waals surface area contributed by atoms with Crippen LogP contribution in [0.15, 0.2) is 24.4 Å². The minimum atomic E-state index is -0.593. The lowest BCUT2D eigenvalue weighted by molar-refractivity contribution is 0.100. The Balaban J connectivity index is 1.84. The van der Waals surface area contributed by atoms with E-state index in [0.29, 0.717) is 24.1 Å². The maximum absolute atomic E-state index is 11.5. The van der Waals surface area contributed by atoms with Gasteiger partial charge in [-0.2, -0.15) is 4.98 Å². The number of nitrogens with zero attached hydrogens (tertiary/aromatic N) is 2. The molecule has 0 unspecified atom stereocenters. The van der Waals surface area contributed by atoms with E-state index in [4.69, 9.17) is 10.5 Å². The average molecular weight is 358 g/mol. The molecule has 26 heavy (non-hydrogen) atoms. The van der Waals surface area contributed by atoms with Crippen molar-refractivity contribution in [3.05, 3.63) is 30.0 Å². The Morgan fingerprint density at radius 3 is 3.00 bits per heavy atom. The first-order chi connectivity index (χ1) is 12.4. The standard InChI is InChI=1S/C17H22N6O3/c1-9(2)21-16-12(15(18)25)7-20-17(23-16)22-10-3-4-14-13(5-10)19-6-11(24)8-26-14/h3-5,7,9,11,19,24H,6,8H2,1-2H3,(H2,18,25)(H2,20,21,22,23)/t11-/m0/s1. The highest BCUT2D eigenvalue weighted by molar-refractivity contribution is 5.97. The summed E-state index contributed by atoms with van der Waals surface area (Å²) in [6.45, 7) is 4.52. The topological polar surface area (TPSA) is 134 Å². The molecule has 0 radical (unpaired) electrons. The van der Waals surface area contributed by atoms with Gasteiger partial charge in [-0.05, 0) is 32.0 Å². The maximum Gasteiger partial charge on any atom is 0.254 e. The van der Waals surface area contributed by atoms with E-state index in [-0.39, 0.29) is 18.2 Å². The summed E-state index contributed by atoms with van der Waals surface area (Å²) >= 11 is 0. The number of anilines is 4. The maximum atomic E-state index is 11.5. The molecule has 138 valence electrons. The Labute approximate surface area is 151 Å². The normalized spacial score (nSPS) is 16.1. The number of hydrogen-bond donors (Lipinski definition) is 5. The minimum absolute atomic E-state index is 0.0797. The Kier molecular flexibility index (Phi) is 5.08. The number of fused-ring (bicyclic) bond motifs is 1. The van der Waals surface area contributed by atoms with Gasteiger partial charge in [0.1, 0.15) is 24.3 Å². The number of aliphatic hydroxyl groups is 1. The molecule has 0 saturated heterocycles. The highest BCUT2D eigenvalue weighted by Gasteiger charge is 2.16. The number of carbonyl (C=O) groups excluding carboxylic acids is 1. The summed E-state index contributed by atoms with van der Waals surface area (Å²) in [6, 6.07) is 5.54. The van der Waals surface area contributed by atoms with Crippen LogP contribution in [0.4, 0.5) is 23.1 Å². The molecule has 1 aliphatic heterocycles. The van der Waals surface area contributed by atoms with Crippen LogP contribution in [0.5, 0.6) is 5.75 Å². The fourth-order valence-corrected chi connectivity index (χ4v) is 2.48. The molecule has 1 atom stereocenters. The monoisotopic (exact) mass is 358 g/mol. The van der Waals surface area contributed by atoms with Gasteiger partial charge in [0.2, 0.25) is 5.95 Å². The van der Waals surface area contributed by atoms with Gasteiger partial charge in [-0.25, -0.2) is 4.98 Å². The third-order valence-electron chi connectivity index (χ3n) is 3.67. The number of carbonyl (C=O) groups is 1. The lowest BCUT2D eigenvalue weighted by Gasteiger charge is -2.14. The summed E-state index contributed by atoms with van der Waals surface area (Å²) in [5.74, 6) is 0.779. The van der Waals surface area contributed by atoms with Crippen LogP contribution in [0.25, 0.3) is 0 Å². The van der Waals surface area contributed by atoms with E-state index >= 15 is 0 Å². The number of benzene rings is 1. The zero-order chi connectivity index (χ0) is 18.7. The van der Waals surface area contributed by atoms with Crippen molar-refractivity contribution in [2.24, 2.45) is 5.73 Å². The third-order valence-corrected chi connectivity index (χ3v) is 3.67. The molecule has 1 amide bonds. The second-order valence-corrected chi connectivity index (χ2v) is 6.30. The molecule has 2 heterocycles. The zero-order valence-electron chi connectivity index (χ0n) is 14.6. The van der Waals surface area contributed by atoms with Crippen LogP contribution in [0, 0.1) is 0 Å². The molecule has 2 aromatic rings. The Bertz CT molecular complexity index is 811. The van der Waals surface area contributed by atoms with Crippen molar-refractivity contribution >= 4 is 29.0 Å². The van der Waals surface area contributed by atoms with Gasteiger partial charge >= 0.3 is 0 Å². The molecule has 0 spiro atoms. The molecule has 1 aromatic carbocycles. The highest BCUT2D eigenvalue weighted by atomic mass is 16.5. The molecule has 1 aliphatic rings. The summed E-state index contributed by atoms with van der Waals surface area (Å²) in [5.41, 5.74) is 7.10. The molecular formula is C17H22N6O3. The second kappa shape index (κ2) is 7.44.